The van der Waals surface area contributed by atoms with Crippen LogP contribution in [0.2, 0.25) is 0 Å². The first-order chi connectivity index (χ1) is 11.4. The molecule has 2 fully saturated rings. The van der Waals surface area contributed by atoms with Gasteiger partial charge in [0.1, 0.15) is 6.33 Å². The van der Waals surface area contributed by atoms with E-state index in [-0.39, 0.29) is 17.4 Å². The zero-order valence-electron chi connectivity index (χ0n) is 14.4. The molecule has 1 N–H and O–H groups in total. The molecule has 0 radical (unpaired) electrons. The van der Waals surface area contributed by atoms with Crippen LogP contribution in [0.3, 0.4) is 0 Å². The smallest absolute Gasteiger partial charge is 0.251 e. The Morgan fingerprint density at radius 1 is 1.33 bits per heavy atom. The number of aromatic nitrogens is 4. The van der Waals surface area contributed by atoms with Crippen LogP contribution in [-0.4, -0.2) is 32.2 Å². The SMILES string of the molecule is CC1(C)[C@@H]2CC[C@@]1(C)[C@@H](NC(=O)c1cccc(-n3cnnn3)c1)C2. The number of carbonyl (C=O) groups excluding carboxylic acids is 1. The average molecular weight is 325 g/mol. The average Bonchev–Trinajstić information content (AvgIpc) is 3.22. The molecule has 24 heavy (non-hydrogen) atoms. The highest BCUT2D eigenvalue weighted by molar-refractivity contribution is 5.95. The Labute approximate surface area is 141 Å². The van der Waals surface area contributed by atoms with Crippen molar-refractivity contribution in [2.75, 3.05) is 0 Å². The number of hydrogen-bond acceptors (Lipinski definition) is 4. The first-order valence-corrected chi connectivity index (χ1v) is 8.56. The number of nitrogens with zero attached hydrogens (tertiary/aromatic N) is 4. The number of benzene rings is 1. The molecular weight excluding hydrogens is 302 g/mol. The molecule has 0 saturated heterocycles. The highest BCUT2D eigenvalue weighted by Crippen LogP contribution is 2.65. The van der Waals surface area contributed by atoms with Crippen LogP contribution in [0.4, 0.5) is 0 Å². The quantitative estimate of drug-likeness (QED) is 0.941. The maximum Gasteiger partial charge on any atom is 0.251 e. The summed E-state index contributed by atoms with van der Waals surface area (Å²) in [6, 6.07) is 7.65. The third-order valence-corrected chi connectivity index (χ3v) is 6.82. The molecule has 1 aromatic heterocycles. The molecule has 3 atom stereocenters. The van der Waals surface area contributed by atoms with Gasteiger partial charge >= 0.3 is 0 Å². The number of tetrazole rings is 1. The molecule has 2 aliphatic carbocycles. The van der Waals surface area contributed by atoms with Crippen molar-refractivity contribution in [2.24, 2.45) is 16.7 Å². The third-order valence-electron chi connectivity index (χ3n) is 6.82. The van der Waals surface area contributed by atoms with Crippen molar-refractivity contribution in [2.45, 2.75) is 46.1 Å². The molecule has 2 saturated carbocycles. The zero-order chi connectivity index (χ0) is 16.9. The first kappa shape index (κ1) is 15.3. The lowest BCUT2D eigenvalue weighted by molar-refractivity contribution is 0.0826. The second-order valence-electron chi connectivity index (χ2n) is 7.94. The lowest BCUT2D eigenvalue weighted by Crippen LogP contribution is -2.46. The molecule has 126 valence electrons. The standard InChI is InChI=1S/C18H23N5O/c1-17(2)13-7-8-18(17,3)15(10-13)20-16(24)12-5-4-6-14(9-12)23-11-19-21-22-23/h4-6,9,11,13,15H,7-8,10H2,1-3H3,(H,20,24)/t13-,15+,18+/m1/s1. The highest BCUT2D eigenvalue weighted by Gasteiger charge is 2.61. The van der Waals surface area contributed by atoms with Crippen LogP contribution < -0.4 is 5.32 Å². The van der Waals surface area contributed by atoms with Gasteiger partial charge in [0, 0.05) is 11.6 Å². The fourth-order valence-corrected chi connectivity index (χ4v) is 4.73. The second-order valence-corrected chi connectivity index (χ2v) is 7.94. The van der Waals surface area contributed by atoms with Gasteiger partial charge in [0.15, 0.2) is 0 Å². The topological polar surface area (TPSA) is 72.7 Å². The normalized spacial score (nSPS) is 30.5. The molecule has 0 spiro atoms. The summed E-state index contributed by atoms with van der Waals surface area (Å²) in [4.78, 5) is 12.8. The van der Waals surface area contributed by atoms with E-state index in [4.69, 9.17) is 0 Å². The number of carbonyl (C=O) groups is 1. The van der Waals surface area contributed by atoms with Crippen LogP contribution in [-0.2, 0) is 0 Å². The van der Waals surface area contributed by atoms with Crippen molar-refractivity contribution in [1.29, 1.82) is 0 Å². The summed E-state index contributed by atoms with van der Waals surface area (Å²) >= 11 is 0. The lowest BCUT2D eigenvalue weighted by Gasteiger charge is -2.39. The van der Waals surface area contributed by atoms with Gasteiger partial charge in [0.05, 0.1) is 5.69 Å². The first-order valence-electron chi connectivity index (χ1n) is 8.56. The van der Waals surface area contributed by atoms with E-state index in [1.807, 2.05) is 24.3 Å². The molecule has 4 rings (SSSR count). The van der Waals surface area contributed by atoms with E-state index in [1.54, 1.807) is 4.68 Å². The molecule has 2 bridgehead atoms. The fraction of sp³-hybridized carbons (Fsp3) is 0.556. The van der Waals surface area contributed by atoms with Gasteiger partial charge < -0.3 is 5.32 Å². The molecule has 0 aliphatic heterocycles. The van der Waals surface area contributed by atoms with Gasteiger partial charge in [-0.05, 0) is 64.6 Å². The van der Waals surface area contributed by atoms with Crippen molar-refractivity contribution in [3.05, 3.63) is 36.2 Å². The number of fused-ring (bicyclic) bond motifs is 2. The summed E-state index contributed by atoms with van der Waals surface area (Å²) in [5.74, 6) is 0.694. The molecular formula is C18H23N5O. The molecule has 2 aromatic rings. The largest absolute Gasteiger partial charge is 0.349 e. The summed E-state index contributed by atoms with van der Waals surface area (Å²) in [7, 11) is 0. The summed E-state index contributed by atoms with van der Waals surface area (Å²) < 4.78 is 1.55. The summed E-state index contributed by atoms with van der Waals surface area (Å²) in [6.45, 7) is 7.05. The predicted octanol–water partition coefficient (Wildman–Crippen LogP) is 2.61. The van der Waals surface area contributed by atoms with Gasteiger partial charge in [0.2, 0.25) is 0 Å². The minimum absolute atomic E-state index is 0.0144. The van der Waals surface area contributed by atoms with E-state index in [0.717, 1.165) is 12.1 Å². The number of amides is 1. The van der Waals surface area contributed by atoms with Gasteiger partial charge in [-0.15, -0.1) is 5.10 Å². The van der Waals surface area contributed by atoms with Crippen LogP contribution in [0, 0.1) is 16.7 Å². The Morgan fingerprint density at radius 3 is 2.79 bits per heavy atom. The van der Waals surface area contributed by atoms with E-state index in [2.05, 4.69) is 41.6 Å². The van der Waals surface area contributed by atoms with Gasteiger partial charge in [-0.25, -0.2) is 4.68 Å². The van der Waals surface area contributed by atoms with E-state index >= 15 is 0 Å². The Hall–Kier alpha value is -2.24. The van der Waals surface area contributed by atoms with Gasteiger partial charge in [-0.2, -0.15) is 0 Å². The fourth-order valence-electron chi connectivity index (χ4n) is 4.73. The number of nitrogens with one attached hydrogen (secondary N) is 1. The Bertz CT molecular complexity index is 769. The maximum atomic E-state index is 12.8. The summed E-state index contributed by atoms with van der Waals surface area (Å²) in [5, 5.41) is 14.4. The van der Waals surface area contributed by atoms with Gasteiger partial charge in [-0.3, -0.25) is 4.79 Å². The minimum atomic E-state index is -0.0144. The van der Waals surface area contributed by atoms with Crippen LogP contribution in [0.5, 0.6) is 0 Å². The number of hydrogen-bond donors (Lipinski definition) is 1. The molecule has 1 aromatic carbocycles. The predicted molar refractivity (Wildman–Crippen MR) is 89.6 cm³/mol. The van der Waals surface area contributed by atoms with E-state index in [9.17, 15) is 4.79 Å². The minimum Gasteiger partial charge on any atom is -0.349 e. The molecule has 6 heteroatoms. The van der Waals surface area contributed by atoms with E-state index in [0.29, 0.717) is 16.9 Å². The molecule has 2 aliphatic rings. The van der Waals surface area contributed by atoms with Gasteiger partial charge in [0.25, 0.3) is 5.91 Å². The Morgan fingerprint density at radius 2 is 2.17 bits per heavy atom. The highest BCUT2D eigenvalue weighted by atomic mass is 16.1. The summed E-state index contributed by atoms with van der Waals surface area (Å²) in [5.41, 5.74) is 1.90. The zero-order valence-corrected chi connectivity index (χ0v) is 14.4. The van der Waals surface area contributed by atoms with Crippen LogP contribution in [0.1, 0.15) is 50.4 Å². The van der Waals surface area contributed by atoms with Crippen molar-refractivity contribution < 1.29 is 4.79 Å². The van der Waals surface area contributed by atoms with Crippen molar-refractivity contribution in [3.8, 4) is 5.69 Å². The van der Waals surface area contributed by atoms with Crippen molar-refractivity contribution in [3.63, 3.8) is 0 Å². The van der Waals surface area contributed by atoms with Crippen LogP contribution in [0.25, 0.3) is 5.69 Å². The molecule has 1 amide bonds. The van der Waals surface area contributed by atoms with Crippen molar-refractivity contribution >= 4 is 5.91 Å². The monoisotopic (exact) mass is 325 g/mol. The molecule has 6 nitrogen and oxygen atoms in total. The van der Waals surface area contributed by atoms with Gasteiger partial charge in [-0.1, -0.05) is 26.8 Å². The third kappa shape index (κ3) is 2.08. The Kier molecular flexibility index (Phi) is 3.27. The lowest BCUT2D eigenvalue weighted by atomic mass is 9.69. The van der Waals surface area contributed by atoms with Crippen molar-refractivity contribution in [1.82, 2.24) is 25.5 Å². The summed E-state index contributed by atoms with van der Waals surface area (Å²) in [6.07, 6.45) is 5.09. The molecule has 1 heterocycles. The second kappa shape index (κ2) is 5.13. The maximum absolute atomic E-state index is 12.8. The Balaban J connectivity index is 1.55. The molecule has 0 unspecified atom stereocenters. The van der Waals surface area contributed by atoms with E-state index in [1.165, 1.54) is 19.2 Å². The number of rotatable bonds is 3. The van der Waals surface area contributed by atoms with Crippen LogP contribution >= 0.6 is 0 Å². The van der Waals surface area contributed by atoms with E-state index < -0.39 is 0 Å². The van der Waals surface area contributed by atoms with Crippen LogP contribution in [0.15, 0.2) is 30.6 Å².